The highest BCUT2D eigenvalue weighted by molar-refractivity contribution is 8.13. The molecule has 0 aromatic heterocycles. The van der Waals surface area contributed by atoms with Gasteiger partial charge in [0, 0.05) is 5.75 Å². The highest BCUT2D eigenvalue weighted by Crippen LogP contribution is 2.19. The molecular weight excluding hydrogens is 222 g/mol. The fourth-order valence-corrected chi connectivity index (χ4v) is 2.65. The van der Waals surface area contributed by atoms with Gasteiger partial charge in [0.15, 0.2) is 5.17 Å². The minimum Gasteiger partial charge on any atom is -0.368 e. The summed E-state index contributed by atoms with van der Waals surface area (Å²) in [5.74, 6) is 0.938. The molecule has 2 atom stereocenters. The van der Waals surface area contributed by atoms with Crippen molar-refractivity contribution in [2.45, 2.75) is 45.7 Å². The number of rotatable bonds is 4. The molecule has 1 aliphatic heterocycles. The van der Waals surface area contributed by atoms with E-state index in [0.29, 0.717) is 6.04 Å². The van der Waals surface area contributed by atoms with Gasteiger partial charge in [-0.15, -0.1) is 0 Å². The number of thioether (sulfide) groups is 1. The van der Waals surface area contributed by atoms with E-state index in [-0.39, 0.29) is 17.9 Å². The van der Waals surface area contributed by atoms with Gasteiger partial charge in [0.05, 0.1) is 6.04 Å². The first-order valence-corrected chi connectivity index (χ1v) is 6.79. The zero-order valence-corrected chi connectivity index (χ0v) is 11.0. The third-order valence-electron chi connectivity index (χ3n) is 2.71. The third kappa shape index (κ3) is 3.70. The van der Waals surface area contributed by atoms with Gasteiger partial charge in [-0.05, 0) is 18.8 Å². The zero-order valence-electron chi connectivity index (χ0n) is 10.2. The van der Waals surface area contributed by atoms with Crippen LogP contribution in [0.5, 0.6) is 0 Å². The van der Waals surface area contributed by atoms with Crippen molar-refractivity contribution in [2.75, 3.05) is 5.75 Å². The monoisotopic (exact) mass is 243 g/mol. The first kappa shape index (κ1) is 13.4. The number of primary amides is 1. The Balaban J connectivity index is 2.64. The minimum atomic E-state index is -0.318. The van der Waals surface area contributed by atoms with Crippen molar-refractivity contribution in [2.24, 2.45) is 16.6 Å². The van der Waals surface area contributed by atoms with E-state index in [1.165, 1.54) is 0 Å². The van der Waals surface area contributed by atoms with Crippen LogP contribution in [0, 0.1) is 5.92 Å². The van der Waals surface area contributed by atoms with E-state index < -0.39 is 0 Å². The maximum Gasteiger partial charge on any atom is 0.240 e. The lowest BCUT2D eigenvalue weighted by molar-refractivity contribution is -0.120. The largest absolute Gasteiger partial charge is 0.368 e. The van der Waals surface area contributed by atoms with Gasteiger partial charge in [-0.25, -0.2) is 0 Å². The van der Waals surface area contributed by atoms with Crippen LogP contribution in [0.1, 0.15) is 33.6 Å². The standard InChI is InChI=1S/C11H21N3OS/c1-4-8-5-6-16-11(13-8)14-9(7(2)3)10(12)15/h7-9H,4-6H2,1-3H3,(H2,12,15)(H,13,14). The van der Waals surface area contributed by atoms with Crippen LogP contribution >= 0.6 is 11.8 Å². The number of nitrogens with one attached hydrogen (secondary N) is 1. The Morgan fingerprint density at radius 2 is 2.38 bits per heavy atom. The van der Waals surface area contributed by atoms with E-state index >= 15 is 0 Å². The molecule has 0 saturated heterocycles. The molecule has 0 aromatic carbocycles. The van der Waals surface area contributed by atoms with Crippen LogP contribution in [0.4, 0.5) is 0 Å². The van der Waals surface area contributed by atoms with Crippen LogP contribution in [0.2, 0.25) is 0 Å². The molecule has 16 heavy (non-hydrogen) atoms. The van der Waals surface area contributed by atoms with Crippen LogP contribution in [0.15, 0.2) is 4.99 Å². The summed E-state index contributed by atoms with van der Waals surface area (Å²) in [6, 6.07) is 0.0753. The predicted octanol–water partition coefficient (Wildman–Crippen LogP) is 1.36. The number of nitrogens with two attached hydrogens (primary N) is 1. The summed E-state index contributed by atoms with van der Waals surface area (Å²) in [4.78, 5) is 15.8. The molecule has 5 heteroatoms. The topological polar surface area (TPSA) is 67.5 Å². The molecule has 3 N–H and O–H groups in total. The predicted molar refractivity (Wildman–Crippen MR) is 69.5 cm³/mol. The molecule has 92 valence electrons. The maximum absolute atomic E-state index is 11.3. The average Bonchev–Trinajstić information content (AvgIpc) is 2.25. The van der Waals surface area contributed by atoms with Crippen molar-refractivity contribution in [1.82, 2.24) is 5.32 Å². The number of amides is 1. The quantitative estimate of drug-likeness (QED) is 0.783. The number of aliphatic imine (C=N–C) groups is 1. The molecule has 0 saturated carbocycles. The fourth-order valence-electron chi connectivity index (χ4n) is 1.63. The summed E-state index contributed by atoms with van der Waals surface area (Å²) >= 11 is 1.68. The molecule has 1 aliphatic rings. The van der Waals surface area contributed by atoms with E-state index in [1.54, 1.807) is 11.8 Å². The normalized spacial score (nSPS) is 22.8. The van der Waals surface area contributed by atoms with Crippen molar-refractivity contribution >= 4 is 22.8 Å². The van der Waals surface area contributed by atoms with E-state index in [0.717, 1.165) is 23.8 Å². The Morgan fingerprint density at radius 1 is 1.69 bits per heavy atom. The fraction of sp³-hybridized carbons (Fsp3) is 0.818. The van der Waals surface area contributed by atoms with Crippen molar-refractivity contribution in [3.8, 4) is 0 Å². The molecule has 0 fully saturated rings. The van der Waals surface area contributed by atoms with Gasteiger partial charge in [0.2, 0.25) is 5.91 Å². The zero-order chi connectivity index (χ0) is 12.1. The Bertz CT molecular complexity index is 278. The number of amidine groups is 1. The Hall–Kier alpha value is -0.710. The highest BCUT2D eigenvalue weighted by Gasteiger charge is 2.23. The summed E-state index contributed by atoms with van der Waals surface area (Å²) in [6.07, 6.45) is 2.17. The smallest absolute Gasteiger partial charge is 0.240 e. The number of nitrogens with zero attached hydrogens (tertiary/aromatic N) is 1. The van der Waals surface area contributed by atoms with Gasteiger partial charge in [0.1, 0.15) is 6.04 Å². The SMILES string of the molecule is CCC1CCSC(NC(C(N)=O)C(C)C)=N1. The lowest BCUT2D eigenvalue weighted by Crippen LogP contribution is -2.47. The molecule has 1 heterocycles. The Morgan fingerprint density at radius 3 is 2.88 bits per heavy atom. The second-order valence-corrected chi connectivity index (χ2v) is 5.49. The molecule has 1 rings (SSSR count). The summed E-state index contributed by atoms with van der Waals surface area (Å²) in [7, 11) is 0. The first-order valence-electron chi connectivity index (χ1n) is 5.81. The van der Waals surface area contributed by atoms with Crippen LogP contribution in [0.3, 0.4) is 0 Å². The highest BCUT2D eigenvalue weighted by atomic mass is 32.2. The third-order valence-corrected chi connectivity index (χ3v) is 3.65. The van der Waals surface area contributed by atoms with Crippen LogP contribution in [0.25, 0.3) is 0 Å². The molecule has 1 amide bonds. The molecule has 0 radical (unpaired) electrons. The average molecular weight is 243 g/mol. The van der Waals surface area contributed by atoms with Crippen molar-refractivity contribution in [3.05, 3.63) is 0 Å². The summed E-state index contributed by atoms with van der Waals surface area (Å²) < 4.78 is 0. The van der Waals surface area contributed by atoms with Crippen LogP contribution < -0.4 is 11.1 Å². The Kier molecular flexibility index (Phi) is 5.12. The Labute approximate surface area is 101 Å². The lowest BCUT2D eigenvalue weighted by Gasteiger charge is -2.25. The van der Waals surface area contributed by atoms with Gasteiger partial charge in [-0.3, -0.25) is 9.79 Å². The van der Waals surface area contributed by atoms with E-state index in [1.807, 2.05) is 13.8 Å². The number of hydrogen-bond acceptors (Lipinski definition) is 4. The second kappa shape index (κ2) is 6.13. The maximum atomic E-state index is 11.3. The van der Waals surface area contributed by atoms with Gasteiger partial charge < -0.3 is 11.1 Å². The summed E-state index contributed by atoms with van der Waals surface area (Å²) in [5.41, 5.74) is 5.36. The van der Waals surface area contributed by atoms with Gasteiger partial charge in [0.25, 0.3) is 0 Å². The van der Waals surface area contributed by atoms with Crippen molar-refractivity contribution in [1.29, 1.82) is 0 Å². The van der Waals surface area contributed by atoms with Crippen LogP contribution in [-0.2, 0) is 4.79 Å². The molecule has 4 nitrogen and oxygen atoms in total. The first-order chi connectivity index (χ1) is 7.54. The van der Waals surface area contributed by atoms with Crippen LogP contribution in [-0.4, -0.2) is 28.9 Å². The molecule has 0 bridgehead atoms. The lowest BCUT2D eigenvalue weighted by atomic mass is 10.0. The van der Waals surface area contributed by atoms with Gasteiger partial charge in [-0.2, -0.15) is 0 Å². The summed E-state index contributed by atoms with van der Waals surface area (Å²) in [5, 5.41) is 4.03. The van der Waals surface area contributed by atoms with Gasteiger partial charge in [-0.1, -0.05) is 32.5 Å². The minimum absolute atomic E-state index is 0.183. The molecule has 0 spiro atoms. The van der Waals surface area contributed by atoms with E-state index in [2.05, 4.69) is 17.2 Å². The molecule has 0 aromatic rings. The van der Waals surface area contributed by atoms with E-state index in [9.17, 15) is 4.79 Å². The van der Waals surface area contributed by atoms with Crippen molar-refractivity contribution < 1.29 is 4.79 Å². The van der Waals surface area contributed by atoms with E-state index in [4.69, 9.17) is 5.73 Å². The molecule has 0 aliphatic carbocycles. The van der Waals surface area contributed by atoms with Gasteiger partial charge >= 0.3 is 0 Å². The number of carbonyl (C=O) groups is 1. The molecule has 2 unspecified atom stereocenters. The summed E-state index contributed by atoms with van der Waals surface area (Å²) in [6.45, 7) is 6.09. The second-order valence-electron chi connectivity index (χ2n) is 4.40. The van der Waals surface area contributed by atoms with Crippen molar-refractivity contribution in [3.63, 3.8) is 0 Å². The number of hydrogen-bond donors (Lipinski definition) is 2. The number of carbonyl (C=O) groups excluding carboxylic acids is 1. The molecular formula is C11H21N3OS.